The van der Waals surface area contributed by atoms with Crippen molar-refractivity contribution in [3.63, 3.8) is 0 Å². The molecule has 2 heterocycles. The number of nitrogens with zero attached hydrogens (tertiary/aromatic N) is 1. The summed E-state index contributed by atoms with van der Waals surface area (Å²) in [5.41, 5.74) is 7.49. The number of fused-ring (bicyclic) bond motifs is 1. The molecule has 5 nitrogen and oxygen atoms in total. The molecular weight excluding hydrogens is 266 g/mol. The summed E-state index contributed by atoms with van der Waals surface area (Å²) in [4.78, 5) is 26.7. The summed E-state index contributed by atoms with van der Waals surface area (Å²) in [7, 11) is 0. The van der Waals surface area contributed by atoms with E-state index in [4.69, 9.17) is 5.73 Å². The maximum Gasteiger partial charge on any atom is 0.231 e. The molecule has 3 rings (SSSR count). The lowest BCUT2D eigenvalue weighted by atomic mass is 9.88. The Hall–Kier alpha value is -1.88. The largest absolute Gasteiger partial charge is 0.338 e. The number of carbonyl (C=O) groups is 2. The molecule has 2 amide bonds. The van der Waals surface area contributed by atoms with Gasteiger partial charge in [0.15, 0.2) is 0 Å². The molecule has 1 aromatic carbocycles. The van der Waals surface area contributed by atoms with Gasteiger partial charge in [0.2, 0.25) is 11.8 Å². The van der Waals surface area contributed by atoms with Crippen LogP contribution >= 0.6 is 0 Å². The van der Waals surface area contributed by atoms with Crippen LogP contribution in [0.2, 0.25) is 0 Å². The van der Waals surface area contributed by atoms with Crippen molar-refractivity contribution in [2.75, 3.05) is 18.4 Å². The minimum atomic E-state index is -0.373. The first-order valence-electron chi connectivity index (χ1n) is 7.60. The molecule has 5 heteroatoms. The van der Waals surface area contributed by atoms with E-state index in [9.17, 15) is 9.59 Å². The molecule has 0 aliphatic carbocycles. The molecule has 0 bridgehead atoms. The molecular formula is C16H21N3O2. The Morgan fingerprint density at radius 1 is 1.33 bits per heavy atom. The van der Waals surface area contributed by atoms with Crippen LogP contribution < -0.4 is 11.1 Å². The highest BCUT2D eigenvalue weighted by Crippen LogP contribution is 2.34. The maximum atomic E-state index is 12.9. The van der Waals surface area contributed by atoms with E-state index in [0.717, 1.165) is 37.1 Å². The summed E-state index contributed by atoms with van der Waals surface area (Å²) in [5.74, 6) is -0.414. The predicted molar refractivity (Wildman–Crippen MR) is 80.8 cm³/mol. The highest BCUT2D eigenvalue weighted by Gasteiger charge is 2.36. The van der Waals surface area contributed by atoms with E-state index in [-0.39, 0.29) is 30.2 Å². The van der Waals surface area contributed by atoms with Crippen molar-refractivity contribution in [1.29, 1.82) is 0 Å². The van der Waals surface area contributed by atoms with Crippen LogP contribution in [0.15, 0.2) is 24.3 Å². The SMILES string of the molecule is NCC1CCCCN1C(=O)C1CC(=O)Nc2ccccc21. The third-order valence-corrected chi connectivity index (χ3v) is 4.48. The molecule has 0 saturated carbocycles. The average Bonchev–Trinajstić information content (AvgIpc) is 2.53. The van der Waals surface area contributed by atoms with Crippen molar-refractivity contribution in [2.45, 2.75) is 37.6 Å². The second-order valence-corrected chi connectivity index (χ2v) is 5.81. The second kappa shape index (κ2) is 5.85. The molecule has 1 saturated heterocycles. The van der Waals surface area contributed by atoms with Gasteiger partial charge in [-0.2, -0.15) is 0 Å². The lowest BCUT2D eigenvalue weighted by Gasteiger charge is -2.38. The molecule has 2 atom stereocenters. The van der Waals surface area contributed by atoms with E-state index in [0.29, 0.717) is 6.54 Å². The quantitative estimate of drug-likeness (QED) is 0.864. The number of rotatable bonds is 2. The van der Waals surface area contributed by atoms with Crippen LogP contribution in [-0.4, -0.2) is 35.8 Å². The number of benzene rings is 1. The number of likely N-dealkylation sites (tertiary alicyclic amines) is 1. The molecule has 2 aliphatic rings. The van der Waals surface area contributed by atoms with Gasteiger partial charge < -0.3 is 16.0 Å². The predicted octanol–water partition coefficient (Wildman–Crippen LogP) is 1.45. The fraction of sp³-hybridized carbons (Fsp3) is 0.500. The molecule has 3 N–H and O–H groups in total. The van der Waals surface area contributed by atoms with Gasteiger partial charge in [0, 0.05) is 31.2 Å². The van der Waals surface area contributed by atoms with Crippen LogP contribution in [0.4, 0.5) is 5.69 Å². The van der Waals surface area contributed by atoms with Crippen LogP contribution in [0.1, 0.15) is 37.2 Å². The van der Waals surface area contributed by atoms with Gasteiger partial charge in [-0.05, 0) is 30.9 Å². The molecule has 2 unspecified atom stereocenters. The lowest BCUT2D eigenvalue weighted by molar-refractivity contribution is -0.138. The first-order valence-corrected chi connectivity index (χ1v) is 7.60. The zero-order valence-electron chi connectivity index (χ0n) is 12.0. The van der Waals surface area contributed by atoms with Crippen LogP contribution in [0.5, 0.6) is 0 Å². The Morgan fingerprint density at radius 3 is 2.95 bits per heavy atom. The molecule has 2 aliphatic heterocycles. The number of nitrogens with two attached hydrogens (primary N) is 1. The van der Waals surface area contributed by atoms with Gasteiger partial charge in [-0.1, -0.05) is 18.2 Å². The van der Waals surface area contributed by atoms with Crippen molar-refractivity contribution in [1.82, 2.24) is 4.90 Å². The lowest BCUT2D eigenvalue weighted by Crippen LogP contribution is -2.50. The summed E-state index contributed by atoms with van der Waals surface area (Å²) < 4.78 is 0. The van der Waals surface area contributed by atoms with Crippen molar-refractivity contribution < 1.29 is 9.59 Å². The molecule has 0 spiro atoms. The molecule has 0 aromatic heterocycles. The Kier molecular flexibility index (Phi) is 3.92. The smallest absolute Gasteiger partial charge is 0.231 e. The maximum absolute atomic E-state index is 12.9. The van der Waals surface area contributed by atoms with Gasteiger partial charge in [-0.25, -0.2) is 0 Å². The Morgan fingerprint density at radius 2 is 2.14 bits per heavy atom. The van der Waals surface area contributed by atoms with Crippen molar-refractivity contribution in [3.8, 4) is 0 Å². The van der Waals surface area contributed by atoms with Gasteiger partial charge in [0.05, 0.1) is 5.92 Å². The zero-order chi connectivity index (χ0) is 14.8. The van der Waals surface area contributed by atoms with Crippen LogP contribution in [0.25, 0.3) is 0 Å². The van der Waals surface area contributed by atoms with E-state index >= 15 is 0 Å². The third-order valence-electron chi connectivity index (χ3n) is 4.48. The summed E-state index contributed by atoms with van der Waals surface area (Å²) in [6.45, 7) is 1.24. The van der Waals surface area contributed by atoms with E-state index in [1.54, 1.807) is 0 Å². The van der Waals surface area contributed by atoms with Crippen LogP contribution in [0.3, 0.4) is 0 Å². The Labute approximate surface area is 124 Å². The molecule has 1 fully saturated rings. The number of amides is 2. The van der Waals surface area contributed by atoms with Gasteiger partial charge in [-0.3, -0.25) is 9.59 Å². The van der Waals surface area contributed by atoms with E-state index in [1.807, 2.05) is 29.2 Å². The summed E-state index contributed by atoms with van der Waals surface area (Å²) in [6.07, 6.45) is 3.32. The number of nitrogens with one attached hydrogen (secondary N) is 1. The Bertz CT molecular complexity index is 558. The van der Waals surface area contributed by atoms with Crippen molar-refractivity contribution in [3.05, 3.63) is 29.8 Å². The van der Waals surface area contributed by atoms with Gasteiger partial charge in [0.1, 0.15) is 0 Å². The van der Waals surface area contributed by atoms with Crippen molar-refractivity contribution >= 4 is 17.5 Å². The van der Waals surface area contributed by atoms with Gasteiger partial charge >= 0.3 is 0 Å². The summed E-state index contributed by atoms with van der Waals surface area (Å²) in [5, 5.41) is 2.84. The zero-order valence-corrected chi connectivity index (χ0v) is 12.0. The first-order chi connectivity index (χ1) is 10.2. The monoisotopic (exact) mass is 287 g/mol. The number of anilines is 1. The summed E-state index contributed by atoms with van der Waals surface area (Å²) >= 11 is 0. The highest BCUT2D eigenvalue weighted by molar-refractivity contribution is 6.01. The number of carbonyl (C=O) groups excluding carboxylic acids is 2. The van der Waals surface area contributed by atoms with Gasteiger partial charge in [0.25, 0.3) is 0 Å². The Balaban J connectivity index is 1.89. The van der Waals surface area contributed by atoms with E-state index < -0.39 is 0 Å². The third kappa shape index (κ3) is 2.65. The minimum absolute atomic E-state index is 0.0486. The van der Waals surface area contributed by atoms with Crippen molar-refractivity contribution in [2.24, 2.45) is 5.73 Å². The topological polar surface area (TPSA) is 75.4 Å². The number of piperidine rings is 1. The molecule has 112 valence electrons. The number of para-hydroxylation sites is 1. The number of hydrogen-bond acceptors (Lipinski definition) is 3. The minimum Gasteiger partial charge on any atom is -0.338 e. The molecule has 0 radical (unpaired) electrons. The van der Waals surface area contributed by atoms with E-state index in [1.165, 1.54) is 0 Å². The van der Waals surface area contributed by atoms with E-state index in [2.05, 4.69) is 5.32 Å². The summed E-state index contributed by atoms with van der Waals surface area (Å²) in [6, 6.07) is 7.67. The second-order valence-electron chi connectivity index (χ2n) is 5.81. The number of hydrogen-bond donors (Lipinski definition) is 2. The standard InChI is InChI=1S/C16H21N3O2/c17-10-11-5-3-4-8-19(11)16(21)13-9-15(20)18-14-7-2-1-6-12(13)14/h1-2,6-7,11,13H,3-5,8-10,17H2,(H,18,20). The fourth-order valence-corrected chi connectivity index (χ4v) is 3.37. The van der Waals surface area contributed by atoms with Crippen LogP contribution in [0, 0.1) is 0 Å². The normalized spacial score (nSPS) is 25.2. The molecule has 21 heavy (non-hydrogen) atoms. The fourth-order valence-electron chi connectivity index (χ4n) is 3.37. The van der Waals surface area contributed by atoms with Crippen LogP contribution in [-0.2, 0) is 9.59 Å². The average molecular weight is 287 g/mol. The highest BCUT2D eigenvalue weighted by atomic mass is 16.2. The van der Waals surface area contributed by atoms with Gasteiger partial charge in [-0.15, -0.1) is 0 Å². The first kappa shape index (κ1) is 14.1. The molecule has 1 aromatic rings.